The van der Waals surface area contributed by atoms with Crippen LogP contribution in [0.5, 0.6) is 0 Å². The van der Waals surface area contributed by atoms with Gasteiger partial charge in [0.1, 0.15) is 0 Å². The van der Waals surface area contributed by atoms with Gasteiger partial charge in [-0.2, -0.15) is 0 Å². The maximum atomic E-state index is 9.42. The van der Waals surface area contributed by atoms with E-state index in [1.807, 2.05) is 0 Å². The van der Waals surface area contributed by atoms with Crippen molar-refractivity contribution in [3.05, 3.63) is 58.7 Å². The summed E-state index contributed by atoms with van der Waals surface area (Å²) in [7, 11) is 0. The van der Waals surface area contributed by atoms with Crippen molar-refractivity contribution in [3.63, 3.8) is 0 Å². The molecular weight excluding hydrogens is 200 g/mol. The molecule has 16 heavy (non-hydrogen) atoms. The van der Waals surface area contributed by atoms with Gasteiger partial charge in [-0.05, 0) is 22.3 Å². The molecule has 1 aromatic rings. The minimum atomic E-state index is 0.0980. The maximum absolute atomic E-state index is 9.42. The molecule has 0 spiro atoms. The van der Waals surface area contributed by atoms with Gasteiger partial charge in [-0.25, -0.2) is 0 Å². The Kier molecular flexibility index (Phi) is 2.39. The van der Waals surface area contributed by atoms with Crippen molar-refractivity contribution in [2.75, 3.05) is 0 Å². The minimum Gasteiger partial charge on any atom is -0.392 e. The van der Waals surface area contributed by atoms with Gasteiger partial charge in [0.05, 0.1) is 19.8 Å². The monoisotopic (exact) mass is 214 g/mol. The average Bonchev–Trinajstić information content (AvgIpc) is 2.97. The highest BCUT2D eigenvalue weighted by Gasteiger charge is 2.18. The van der Waals surface area contributed by atoms with Crippen molar-refractivity contribution in [2.24, 2.45) is 0 Å². The van der Waals surface area contributed by atoms with E-state index in [2.05, 4.69) is 36.4 Å². The van der Waals surface area contributed by atoms with Crippen LogP contribution in [0.15, 0.2) is 36.4 Å². The van der Waals surface area contributed by atoms with Gasteiger partial charge < -0.3 is 9.84 Å². The Morgan fingerprint density at radius 3 is 2.50 bits per heavy atom. The lowest BCUT2D eigenvalue weighted by molar-refractivity contribution is 0.134. The first-order chi connectivity index (χ1) is 7.88. The summed E-state index contributed by atoms with van der Waals surface area (Å²) < 4.78 is 5.41. The molecule has 1 aliphatic carbocycles. The first-order valence-electron chi connectivity index (χ1n) is 5.56. The summed E-state index contributed by atoms with van der Waals surface area (Å²) in [5.74, 6) is 0.313. The van der Waals surface area contributed by atoms with Crippen LogP contribution in [0.4, 0.5) is 0 Å². The maximum Gasteiger partial charge on any atom is 0.0725 e. The Balaban J connectivity index is 2.08. The zero-order valence-corrected chi connectivity index (χ0v) is 9.02. The Hall–Kier alpha value is -1.38. The van der Waals surface area contributed by atoms with Gasteiger partial charge in [0, 0.05) is 5.92 Å². The quantitative estimate of drug-likeness (QED) is 0.819. The number of ether oxygens (including phenoxy) is 1. The molecule has 0 saturated heterocycles. The van der Waals surface area contributed by atoms with Gasteiger partial charge in [-0.15, -0.1) is 0 Å². The highest BCUT2D eigenvalue weighted by atomic mass is 16.5. The number of hydrogen-bond donors (Lipinski definition) is 1. The van der Waals surface area contributed by atoms with Crippen LogP contribution < -0.4 is 0 Å². The first-order valence-corrected chi connectivity index (χ1v) is 5.56. The second kappa shape index (κ2) is 3.89. The predicted molar refractivity (Wildman–Crippen MR) is 61.9 cm³/mol. The number of fused-ring (bicyclic) bond motifs is 1. The third kappa shape index (κ3) is 1.51. The molecule has 2 nitrogen and oxygen atoms in total. The van der Waals surface area contributed by atoms with Gasteiger partial charge in [-0.3, -0.25) is 0 Å². The molecule has 82 valence electrons. The van der Waals surface area contributed by atoms with Crippen molar-refractivity contribution in [1.82, 2.24) is 0 Å². The van der Waals surface area contributed by atoms with E-state index in [0.717, 1.165) is 5.56 Å². The molecule has 2 heteroatoms. The van der Waals surface area contributed by atoms with E-state index in [4.69, 9.17) is 4.74 Å². The van der Waals surface area contributed by atoms with Crippen LogP contribution in [0.1, 0.15) is 28.2 Å². The van der Waals surface area contributed by atoms with Gasteiger partial charge in [0.15, 0.2) is 0 Å². The SMILES string of the molecule is OCc1cc2c(cc1C1C=CC=C1)COC2. The molecule has 0 saturated carbocycles. The van der Waals surface area contributed by atoms with Crippen molar-refractivity contribution < 1.29 is 9.84 Å². The molecule has 0 unspecified atom stereocenters. The molecule has 1 aromatic carbocycles. The summed E-state index contributed by atoms with van der Waals surface area (Å²) >= 11 is 0. The van der Waals surface area contributed by atoms with Gasteiger partial charge in [-0.1, -0.05) is 36.4 Å². The van der Waals surface area contributed by atoms with Crippen LogP contribution in [-0.2, 0) is 24.6 Å². The van der Waals surface area contributed by atoms with Crippen LogP contribution >= 0.6 is 0 Å². The Morgan fingerprint density at radius 2 is 1.81 bits per heavy atom. The highest BCUT2D eigenvalue weighted by molar-refractivity contribution is 5.45. The molecule has 0 fully saturated rings. The molecule has 1 N–H and O–H groups in total. The molecule has 0 aromatic heterocycles. The van der Waals surface area contributed by atoms with Gasteiger partial charge in [0.25, 0.3) is 0 Å². The summed E-state index contributed by atoms with van der Waals surface area (Å²) in [4.78, 5) is 0. The Labute approximate surface area is 94.9 Å². The van der Waals surface area contributed by atoms with Crippen LogP contribution in [0.25, 0.3) is 0 Å². The van der Waals surface area contributed by atoms with Crippen molar-refractivity contribution >= 4 is 0 Å². The molecule has 2 aliphatic rings. The molecular formula is C14H14O2. The van der Waals surface area contributed by atoms with E-state index in [1.54, 1.807) is 0 Å². The van der Waals surface area contributed by atoms with Gasteiger partial charge in [0.2, 0.25) is 0 Å². The van der Waals surface area contributed by atoms with Crippen LogP contribution in [0, 0.1) is 0 Å². The van der Waals surface area contributed by atoms with E-state index in [1.165, 1.54) is 16.7 Å². The summed E-state index contributed by atoms with van der Waals surface area (Å²) in [5, 5.41) is 9.42. The number of benzene rings is 1. The van der Waals surface area contributed by atoms with E-state index in [-0.39, 0.29) is 6.61 Å². The second-order valence-electron chi connectivity index (χ2n) is 4.27. The molecule has 3 rings (SSSR count). The number of allylic oxidation sites excluding steroid dienone is 4. The third-order valence-electron chi connectivity index (χ3n) is 3.25. The summed E-state index contributed by atoms with van der Waals surface area (Å²) in [5.41, 5.74) is 4.71. The largest absolute Gasteiger partial charge is 0.392 e. The van der Waals surface area contributed by atoms with Crippen LogP contribution in [0.2, 0.25) is 0 Å². The summed E-state index contributed by atoms with van der Waals surface area (Å²) in [6.07, 6.45) is 8.40. The zero-order valence-electron chi connectivity index (χ0n) is 9.02. The zero-order chi connectivity index (χ0) is 11.0. The first kappa shape index (κ1) is 9.82. The molecule has 1 heterocycles. The van der Waals surface area contributed by atoms with Gasteiger partial charge >= 0.3 is 0 Å². The van der Waals surface area contributed by atoms with E-state index in [0.29, 0.717) is 19.1 Å². The number of rotatable bonds is 2. The lowest BCUT2D eigenvalue weighted by Crippen LogP contribution is -2.00. The van der Waals surface area contributed by atoms with E-state index in [9.17, 15) is 5.11 Å². The van der Waals surface area contributed by atoms with E-state index < -0.39 is 0 Å². The lowest BCUT2D eigenvalue weighted by Gasteiger charge is -2.13. The van der Waals surface area contributed by atoms with Crippen molar-refractivity contribution in [2.45, 2.75) is 25.7 Å². The highest BCUT2D eigenvalue weighted by Crippen LogP contribution is 2.31. The van der Waals surface area contributed by atoms with Crippen molar-refractivity contribution in [3.8, 4) is 0 Å². The molecule has 0 radical (unpaired) electrons. The fourth-order valence-corrected chi connectivity index (χ4v) is 2.39. The molecule has 0 atom stereocenters. The van der Waals surface area contributed by atoms with E-state index >= 15 is 0 Å². The van der Waals surface area contributed by atoms with Crippen LogP contribution in [0.3, 0.4) is 0 Å². The fraction of sp³-hybridized carbons (Fsp3) is 0.286. The fourth-order valence-electron chi connectivity index (χ4n) is 2.39. The smallest absolute Gasteiger partial charge is 0.0725 e. The van der Waals surface area contributed by atoms with Crippen LogP contribution in [-0.4, -0.2) is 5.11 Å². The predicted octanol–water partition coefficient (Wildman–Crippen LogP) is 2.42. The third-order valence-corrected chi connectivity index (χ3v) is 3.25. The lowest BCUT2D eigenvalue weighted by atomic mass is 9.92. The minimum absolute atomic E-state index is 0.0980. The second-order valence-corrected chi connectivity index (χ2v) is 4.27. The summed E-state index contributed by atoms with van der Waals surface area (Å²) in [6, 6.07) is 4.26. The van der Waals surface area contributed by atoms with Crippen molar-refractivity contribution in [1.29, 1.82) is 0 Å². The molecule has 0 amide bonds. The molecule has 0 bridgehead atoms. The molecule has 1 aliphatic heterocycles. The normalized spacial score (nSPS) is 18.3. The summed E-state index contributed by atoms with van der Waals surface area (Å²) in [6.45, 7) is 1.48. The standard InChI is InChI=1S/C14H14O2/c15-7-11-5-12-8-16-9-13(12)6-14(11)10-3-1-2-4-10/h1-6,10,15H,7-9H2. The Morgan fingerprint density at radius 1 is 1.12 bits per heavy atom. The number of aliphatic hydroxyl groups excluding tert-OH is 1. The topological polar surface area (TPSA) is 29.5 Å². The Bertz CT molecular complexity index is 460. The number of aliphatic hydroxyl groups is 1. The average molecular weight is 214 g/mol. The number of hydrogen-bond acceptors (Lipinski definition) is 2.